The van der Waals surface area contributed by atoms with Crippen molar-refractivity contribution in [2.75, 3.05) is 12.4 Å². The van der Waals surface area contributed by atoms with E-state index in [4.69, 9.17) is 20.8 Å². The zero-order valence-electron chi connectivity index (χ0n) is 15.6. The van der Waals surface area contributed by atoms with Gasteiger partial charge in [-0.1, -0.05) is 29.8 Å². The van der Waals surface area contributed by atoms with Crippen molar-refractivity contribution in [3.05, 3.63) is 83.4 Å². The zero-order valence-corrected chi connectivity index (χ0v) is 16.3. The molecule has 5 nitrogen and oxygen atoms in total. The third kappa shape index (κ3) is 4.47. The molecule has 0 bridgehead atoms. The lowest BCUT2D eigenvalue weighted by atomic mass is 10.2. The Bertz CT molecular complexity index is 1200. The molecule has 4 aromatic rings. The number of fused-ring (bicyclic) bond motifs is 1. The van der Waals surface area contributed by atoms with Gasteiger partial charge in [-0.3, -0.25) is 4.79 Å². The molecule has 1 amide bonds. The number of nitrogens with one attached hydrogen (secondary N) is 1. The first-order valence-electron chi connectivity index (χ1n) is 8.90. The molecule has 144 valence electrons. The monoisotopic (exact) mass is 404 g/mol. The molecule has 0 unspecified atom stereocenters. The third-order valence-corrected chi connectivity index (χ3v) is 4.52. The number of oxazole rings is 1. The first-order chi connectivity index (χ1) is 14.1. The van der Waals surface area contributed by atoms with Gasteiger partial charge < -0.3 is 14.5 Å². The molecule has 0 spiro atoms. The number of rotatable bonds is 5. The molecule has 0 radical (unpaired) electrons. The van der Waals surface area contributed by atoms with Crippen LogP contribution in [0.2, 0.25) is 5.02 Å². The van der Waals surface area contributed by atoms with Crippen molar-refractivity contribution in [3.63, 3.8) is 0 Å². The van der Waals surface area contributed by atoms with Crippen LogP contribution in [0.3, 0.4) is 0 Å². The number of carbonyl (C=O) groups is 1. The fourth-order valence-electron chi connectivity index (χ4n) is 2.81. The predicted octanol–water partition coefficient (Wildman–Crippen LogP) is 5.81. The number of halogens is 1. The van der Waals surface area contributed by atoms with Crippen LogP contribution in [0.4, 0.5) is 5.69 Å². The zero-order chi connectivity index (χ0) is 20.2. The summed E-state index contributed by atoms with van der Waals surface area (Å²) in [6.07, 6.45) is 3.19. The van der Waals surface area contributed by atoms with E-state index in [0.29, 0.717) is 27.7 Å². The van der Waals surface area contributed by atoms with Gasteiger partial charge in [-0.2, -0.15) is 0 Å². The summed E-state index contributed by atoms with van der Waals surface area (Å²) in [5.74, 6) is 0.974. The molecule has 1 heterocycles. The molecule has 0 fully saturated rings. The molecule has 0 atom stereocenters. The molecule has 1 N–H and O–H groups in total. The molecule has 0 aliphatic rings. The highest BCUT2D eigenvalue weighted by Crippen LogP contribution is 2.28. The summed E-state index contributed by atoms with van der Waals surface area (Å²) in [6, 6.07) is 20.1. The van der Waals surface area contributed by atoms with Crippen molar-refractivity contribution in [1.29, 1.82) is 0 Å². The average molecular weight is 405 g/mol. The first-order valence-corrected chi connectivity index (χ1v) is 9.28. The Morgan fingerprint density at radius 1 is 1.10 bits per heavy atom. The highest BCUT2D eigenvalue weighted by Gasteiger charge is 2.10. The van der Waals surface area contributed by atoms with Gasteiger partial charge >= 0.3 is 0 Å². The van der Waals surface area contributed by atoms with Crippen LogP contribution in [-0.2, 0) is 4.79 Å². The van der Waals surface area contributed by atoms with Gasteiger partial charge in [-0.05, 0) is 54.1 Å². The summed E-state index contributed by atoms with van der Waals surface area (Å²) < 4.78 is 11.1. The number of carbonyl (C=O) groups excluding carboxylic acids is 1. The summed E-state index contributed by atoms with van der Waals surface area (Å²) in [4.78, 5) is 16.7. The minimum absolute atomic E-state index is 0.244. The summed E-state index contributed by atoms with van der Waals surface area (Å²) in [5.41, 5.74) is 3.62. The Morgan fingerprint density at radius 2 is 1.93 bits per heavy atom. The van der Waals surface area contributed by atoms with Crippen LogP contribution in [-0.4, -0.2) is 18.0 Å². The number of nitrogens with zero attached hydrogens (tertiary/aromatic N) is 1. The number of hydrogen-bond donors (Lipinski definition) is 1. The summed E-state index contributed by atoms with van der Waals surface area (Å²) >= 11 is 5.86. The number of amides is 1. The number of benzene rings is 3. The number of ether oxygens (including phenoxy) is 1. The van der Waals surface area contributed by atoms with Crippen LogP contribution in [0.5, 0.6) is 5.75 Å². The van der Waals surface area contributed by atoms with Crippen molar-refractivity contribution in [3.8, 4) is 17.2 Å². The van der Waals surface area contributed by atoms with Crippen molar-refractivity contribution >= 4 is 40.4 Å². The normalized spacial score (nSPS) is 11.1. The predicted molar refractivity (Wildman–Crippen MR) is 115 cm³/mol. The topological polar surface area (TPSA) is 64.4 Å². The minimum atomic E-state index is -0.244. The quantitative estimate of drug-likeness (QED) is 0.426. The van der Waals surface area contributed by atoms with Crippen LogP contribution in [0.1, 0.15) is 5.56 Å². The van der Waals surface area contributed by atoms with Crippen LogP contribution in [0.15, 0.2) is 77.2 Å². The molecule has 3 aromatic carbocycles. The molecule has 6 heteroatoms. The second-order valence-electron chi connectivity index (χ2n) is 6.31. The van der Waals surface area contributed by atoms with Gasteiger partial charge in [0.2, 0.25) is 11.8 Å². The van der Waals surface area contributed by atoms with Crippen molar-refractivity contribution in [2.24, 2.45) is 0 Å². The molecular formula is C23H17ClN2O3. The van der Waals surface area contributed by atoms with Crippen LogP contribution >= 0.6 is 11.6 Å². The van der Waals surface area contributed by atoms with E-state index in [2.05, 4.69) is 10.3 Å². The second kappa shape index (κ2) is 8.20. The lowest BCUT2D eigenvalue weighted by Crippen LogP contribution is -2.07. The van der Waals surface area contributed by atoms with E-state index in [9.17, 15) is 4.79 Å². The van der Waals surface area contributed by atoms with Crippen LogP contribution < -0.4 is 10.1 Å². The number of anilines is 1. The Labute approximate surface area is 172 Å². The first kappa shape index (κ1) is 18.8. The summed E-state index contributed by atoms with van der Waals surface area (Å²) in [5, 5.41) is 3.48. The molecule has 0 saturated heterocycles. The maximum absolute atomic E-state index is 12.2. The molecule has 4 rings (SSSR count). The SMILES string of the molecule is COc1cccc(-c2nc3ccc(NC(=O)/C=C/c4ccc(Cl)cc4)cc3o2)c1. The Morgan fingerprint density at radius 3 is 2.72 bits per heavy atom. The fourth-order valence-corrected chi connectivity index (χ4v) is 2.94. The summed E-state index contributed by atoms with van der Waals surface area (Å²) in [6.45, 7) is 0. The molecule has 0 saturated carbocycles. The van der Waals surface area contributed by atoms with Crippen LogP contribution in [0, 0.1) is 0 Å². The number of aromatic nitrogens is 1. The smallest absolute Gasteiger partial charge is 0.248 e. The largest absolute Gasteiger partial charge is 0.497 e. The van der Waals surface area contributed by atoms with Crippen molar-refractivity contribution in [2.45, 2.75) is 0 Å². The van der Waals surface area contributed by atoms with Gasteiger partial charge in [0, 0.05) is 28.4 Å². The van der Waals surface area contributed by atoms with Gasteiger partial charge in [-0.15, -0.1) is 0 Å². The van der Waals surface area contributed by atoms with E-state index in [1.54, 1.807) is 43.5 Å². The molecule has 29 heavy (non-hydrogen) atoms. The van der Waals surface area contributed by atoms with Gasteiger partial charge in [0.1, 0.15) is 11.3 Å². The van der Waals surface area contributed by atoms with Gasteiger partial charge in [0.25, 0.3) is 0 Å². The highest BCUT2D eigenvalue weighted by molar-refractivity contribution is 6.30. The highest BCUT2D eigenvalue weighted by atomic mass is 35.5. The van der Waals surface area contributed by atoms with E-state index in [1.165, 1.54) is 6.08 Å². The molecule has 1 aromatic heterocycles. The van der Waals surface area contributed by atoms with E-state index in [-0.39, 0.29) is 5.91 Å². The van der Waals surface area contributed by atoms with E-state index >= 15 is 0 Å². The lowest BCUT2D eigenvalue weighted by Gasteiger charge is -2.01. The average Bonchev–Trinajstić information content (AvgIpc) is 3.17. The number of methoxy groups -OCH3 is 1. The second-order valence-corrected chi connectivity index (χ2v) is 6.74. The van der Waals surface area contributed by atoms with Crippen molar-refractivity contribution < 1.29 is 13.9 Å². The maximum atomic E-state index is 12.2. The standard InChI is InChI=1S/C23H17ClN2O3/c1-28-19-4-2-3-16(13-19)23-26-20-11-10-18(14-21(20)29-23)25-22(27)12-7-15-5-8-17(24)9-6-15/h2-14H,1H3,(H,25,27)/b12-7+. The minimum Gasteiger partial charge on any atom is -0.497 e. The maximum Gasteiger partial charge on any atom is 0.248 e. The molecule has 0 aliphatic heterocycles. The fraction of sp³-hybridized carbons (Fsp3) is 0.0435. The van der Waals surface area contributed by atoms with E-state index < -0.39 is 0 Å². The van der Waals surface area contributed by atoms with Gasteiger partial charge in [-0.25, -0.2) is 4.98 Å². The van der Waals surface area contributed by atoms with Gasteiger partial charge in [0.15, 0.2) is 5.58 Å². The molecular weight excluding hydrogens is 388 g/mol. The lowest BCUT2D eigenvalue weighted by molar-refractivity contribution is -0.111. The van der Waals surface area contributed by atoms with E-state index in [1.807, 2.05) is 36.4 Å². The molecule has 0 aliphatic carbocycles. The number of hydrogen-bond acceptors (Lipinski definition) is 4. The third-order valence-electron chi connectivity index (χ3n) is 4.27. The van der Waals surface area contributed by atoms with Crippen LogP contribution in [0.25, 0.3) is 28.6 Å². The van der Waals surface area contributed by atoms with Crippen molar-refractivity contribution in [1.82, 2.24) is 4.98 Å². The van der Waals surface area contributed by atoms with Gasteiger partial charge in [0.05, 0.1) is 7.11 Å². The Kier molecular flexibility index (Phi) is 5.31. The Balaban J connectivity index is 1.51. The Hall–Kier alpha value is -3.57. The summed E-state index contributed by atoms with van der Waals surface area (Å²) in [7, 11) is 1.61. The van der Waals surface area contributed by atoms with E-state index in [0.717, 1.165) is 16.9 Å².